The molecule has 0 radical (unpaired) electrons. The van der Waals surface area contributed by atoms with E-state index in [1.807, 2.05) is 31.2 Å². The Morgan fingerprint density at radius 2 is 1.87 bits per heavy atom. The van der Waals surface area contributed by atoms with Gasteiger partial charge in [-0.3, -0.25) is 9.10 Å². The van der Waals surface area contributed by atoms with Crippen molar-refractivity contribution in [1.82, 2.24) is 5.32 Å². The molecule has 9 heteroatoms. The van der Waals surface area contributed by atoms with Crippen molar-refractivity contribution >= 4 is 21.6 Å². The second kappa shape index (κ2) is 9.71. The van der Waals surface area contributed by atoms with Crippen LogP contribution in [0.5, 0.6) is 17.2 Å². The lowest BCUT2D eigenvalue weighted by molar-refractivity contribution is -0.119. The Morgan fingerprint density at radius 3 is 2.60 bits per heavy atom. The van der Waals surface area contributed by atoms with E-state index in [1.165, 1.54) is 6.92 Å². The van der Waals surface area contributed by atoms with Gasteiger partial charge in [0.1, 0.15) is 32.1 Å². The van der Waals surface area contributed by atoms with E-state index in [-0.39, 0.29) is 25.4 Å². The van der Waals surface area contributed by atoms with Gasteiger partial charge in [0.25, 0.3) is 0 Å². The molecule has 162 valence electrons. The molecule has 0 saturated carbocycles. The number of sulfonamides is 1. The van der Waals surface area contributed by atoms with Crippen LogP contribution in [-0.2, 0) is 14.8 Å². The SMILES string of the molecule is CCS(=O)(=O)N(CC(=O)NCCOc1ccccc1C)c1ccc2c(c1)OCCO2. The van der Waals surface area contributed by atoms with E-state index in [9.17, 15) is 13.2 Å². The van der Waals surface area contributed by atoms with E-state index >= 15 is 0 Å². The number of rotatable bonds is 9. The Bertz CT molecular complexity index is 993. The zero-order valence-corrected chi connectivity index (χ0v) is 17.9. The number of anilines is 1. The molecule has 2 aromatic rings. The molecule has 0 spiro atoms. The van der Waals surface area contributed by atoms with Crippen LogP contribution >= 0.6 is 0 Å². The van der Waals surface area contributed by atoms with E-state index in [1.54, 1.807) is 18.2 Å². The molecule has 0 aromatic heterocycles. The predicted octanol–water partition coefficient (Wildman–Crippen LogP) is 2.12. The highest BCUT2D eigenvalue weighted by atomic mass is 32.2. The number of carbonyl (C=O) groups excluding carboxylic acids is 1. The summed E-state index contributed by atoms with van der Waals surface area (Å²) in [5.41, 5.74) is 1.36. The average molecular weight is 435 g/mol. The van der Waals surface area contributed by atoms with Crippen LogP contribution in [-0.4, -0.2) is 53.0 Å². The summed E-state index contributed by atoms with van der Waals surface area (Å²) in [5.74, 6) is 1.21. The number of hydrogen-bond donors (Lipinski definition) is 1. The van der Waals surface area contributed by atoms with Gasteiger partial charge in [0.15, 0.2) is 11.5 Å². The van der Waals surface area contributed by atoms with Crippen molar-refractivity contribution in [3.8, 4) is 17.2 Å². The summed E-state index contributed by atoms with van der Waals surface area (Å²) in [6, 6.07) is 12.4. The quantitative estimate of drug-likeness (QED) is 0.608. The van der Waals surface area contributed by atoms with Crippen molar-refractivity contribution in [2.45, 2.75) is 13.8 Å². The first-order valence-corrected chi connectivity index (χ1v) is 11.4. The molecule has 0 bridgehead atoms. The van der Waals surface area contributed by atoms with Crippen LogP contribution in [0.1, 0.15) is 12.5 Å². The number of para-hydroxylation sites is 1. The third-order valence-electron chi connectivity index (χ3n) is 4.58. The molecule has 1 aliphatic rings. The summed E-state index contributed by atoms with van der Waals surface area (Å²) >= 11 is 0. The minimum atomic E-state index is -3.67. The predicted molar refractivity (Wildman–Crippen MR) is 114 cm³/mol. The first-order valence-electron chi connectivity index (χ1n) is 9.76. The molecule has 1 amide bonds. The van der Waals surface area contributed by atoms with Gasteiger partial charge >= 0.3 is 0 Å². The summed E-state index contributed by atoms with van der Waals surface area (Å²) in [5, 5.41) is 2.71. The summed E-state index contributed by atoms with van der Waals surface area (Å²) in [7, 11) is -3.67. The fourth-order valence-corrected chi connectivity index (χ4v) is 4.01. The highest BCUT2D eigenvalue weighted by Crippen LogP contribution is 2.34. The number of benzene rings is 2. The fourth-order valence-electron chi connectivity index (χ4n) is 2.95. The molecule has 1 heterocycles. The lowest BCUT2D eigenvalue weighted by atomic mass is 10.2. The van der Waals surface area contributed by atoms with Crippen molar-refractivity contribution < 1.29 is 27.4 Å². The lowest BCUT2D eigenvalue weighted by Crippen LogP contribution is -2.42. The summed E-state index contributed by atoms with van der Waals surface area (Å²) in [6.07, 6.45) is 0. The zero-order valence-electron chi connectivity index (χ0n) is 17.1. The Labute approximate surface area is 176 Å². The standard InChI is InChI=1S/C21H26N2O6S/c1-3-30(25,26)23(17-8-9-19-20(14-17)29-13-12-28-19)15-21(24)22-10-11-27-18-7-5-4-6-16(18)2/h4-9,14H,3,10-13,15H2,1-2H3,(H,22,24). The molecule has 1 aliphatic heterocycles. The number of aryl methyl sites for hydroxylation is 1. The third kappa shape index (κ3) is 5.35. The Morgan fingerprint density at radius 1 is 1.13 bits per heavy atom. The number of fused-ring (bicyclic) bond motifs is 1. The minimum Gasteiger partial charge on any atom is -0.491 e. The first kappa shape index (κ1) is 21.8. The summed E-state index contributed by atoms with van der Waals surface area (Å²) in [4.78, 5) is 12.4. The molecule has 2 aromatic carbocycles. The van der Waals surface area contributed by atoms with Crippen molar-refractivity contribution in [2.24, 2.45) is 0 Å². The minimum absolute atomic E-state index is 0.134. The summed E-state index contributed by atoms with van der Waals surface area (Å²) < 4.78 is 43.0. The van der Waals surface area contributed by atoms with Gasteiger partial charge in [0.05, 0.1) is 18.0 Å². The van der Waals surface area contributed by atoms with Gasteiger partial charge in [0.2, 0.25) is 15.9 Å². The molecule has 1 N–H and O–H groups in total. The van der Waals surface area contributed by atoms with Crippen LogP contribution in [0.4, 0.5) is 5.69 Å². The van der Waals surface area contributed by atoms with Crippen LogP contribution in [0.25, 0.3) is 0 Å². The smallest absolute Gasteiger partial charge is 0.240 e. The fraction of sp³-hybridized carbons (Fsp3) is 0.381. The van der Waals surface area contributed by atoms with Gasteiger partial charge in [-0.05, 0) is 37.6 Å². The molecular formula is C21H26N2O6S. The number of ether oxygens (including phenoxy) is 3. The van der Waals surface area contributed by atoms with Crippen LogP contribution < -0.4 is 23.8 Å². The Balaban J connectivity index is 1.62. The number of nitrogens with one attached hydrogen (secondary N) is 1. The normalized spacial score (nSPS) is 12.9. The number of nitrogens with zero attached hydrogens (tertiary/aromatic N) is 1. The maximum absolute atomic E-state index is 12.6. The van der Waals surface area contributed by atoms with Crippen LogP contribution in [0.2, 0.25) is 0 Å². The van der Waals surface area contributed by atoms with Gasteiger partial charge in [0, 0.05) is 6.07 Å². The Kier molecular flexibility index (Phi) is 7.04. The maximum Gasteiger partial charge on any atom is 0.240 e. The van der Waals surface area contributed by atoms with Crippen LogP contribution in [0, 0.1) is 6.92 Å². The highest BCUT2D eigenvalue weighted by molar-refractivity contribution is 7.92. The number of hydrogen-bond acceptors (Lipinski definition) is 6. The molecule has 0 atom stereocenters. The van der Waals surface area contributed by atoms with E-state index in [4.69, 9.17) is 14.2 Å². The molecule has 8 nitrogen and oxygen atoms in total. The Hall–Kier alpha value is -2.94. The first-order chi connectivity index (χ1) is 14.4. The van der Waals surface area contributed by atoms with E-state index in [0.717, 1.165) is 15.6 Å². The van der Waals surface area contributed by atoms with Gasteiger partial charge in [-0.25, -0.2) is 8.42 Å². The molecule has 0 saturated heterocycles. The highest BCUT2D eigenvalue weighted by Gasteiger charge is 2.25. The monoisotopic (exact) mass is 434 g/mol. The van der Waals surface area contributed by atoms with Crippen molar-refractivity contribution in [2.75, 3.05) is 43.0 Å². The van der Waals surface area contributed by atoms with Gasteiger partial charge < -0.3 is 19.5 Å². The third-order valence-corrected chi connectivity index (χ3v) is 6.32. The second-order valence-corrected chi connectivity index (χ2v) is 8.88. The van der Waals surface area contributed by atoms with Gasteiger partial charge in [-0.15, -0.1) is 0 Å². The van der Waals surface area contributed by atoms with Gasteiger partial charge in [-0.2, -0.15) is 0 Å². The van der Waals surface area contributed by atoms with Crippen LogP contribution in [0.15, 0.2) is 42.5 Å². The molecule has 0 unspecified atom stereocenters. The second-order valence-electron chi connectivity index (χ2n) is 6.70. The topological polar surface area (TPSA) is 94.2 Å². The van der Waals surface area contributed by atoms with Crippen molar-refractivity contribution in [1.29, 1.82) is 0 Å². The van der Waals surface area contributed by atoms with Crippen molar-refractivity contribution in [3.05, 3.63) is 48.0 Å². The van der Waals surface area contributed by atoms with Crippen LogP contribution in [0.3, 0.4) is 0 Å². The molecule has 3 rings (SSSR count). The van der Waals surface area contributed by atoms with E-state index in [0.29, 0.717) is 30.4 Å². The molecule has 0 aliphatic carbocycles. The molecule has 30 heavy (non-hydrogen) atoms. The number of amides is 1. The summed E-state index contributed by atoms with van der Waals surface area (Å²) in [6.45, 7) is 4.51. The molecule has 0 fully saturated rings. The van der Waals surface area contributed by atoms with Gasteiger partial charge in [-0.1, -0.05) is 18.2 Å². The van der Waals surface area contributed by atoms with E-state index < -0.39 is 15.9 Å². The lowest BCUT2D eigenvalue weighted by Gasteiger charge is -2.25. The molecular weight excluding hydrogens is 408 g/mol. The van der Waals surface area contributed by atoms with E-state index in [2.05, 4.69) is 5.32 Å². The zero-order chi connectivity index (χ0) is 21.6. The largest absolute Gasteiger partial charge is 0.491 e. The maximum atomic E-state index is 12.6. The number of carbonyl (C=O) groups is 1. The average Bonchev–Trinajstić information content (AvgIpc) is 2.75. The van der Waals surface area contributed by atoms with Crippen molar-refractivity contribution in [3.63, 3.8) is 0 Å².